The van der Waals surface area contributed by atoms with Gasteiger partial charge >= 0.3 is 0 Å². The predicted octanol–water partition coefficient (Wildman–Crippen LogP) is 1.53. The molecular weight excluding hydrogens is 297 g/mol. The third kappa shape index (κ3) is 4.28. The number of nitrogens with zero attached hydrogens (tertiary/aromatic N) is 1. The first-order valence-electron chi connectivity index (χ1n) is 8.00. The van der Waals surface area contributed by atoms with Crippen LogP contribution in [0.25, 0.3) is 0 Å². The van der Waals surface area contributed by atoms with Crippen LogP contribution < -0.4 is 11.1 Å². The van der Waals surface area contributed by atoms with Crippen LogP contribution >= 0.6 is 0 Å². The summed E-state index contributed by atoms with van der Waals surface area (Å²) < 4.78 is 13.7. The highest BCUT2D eigenvalue weighted by atomic mass is 19.1. The van der Waals surface area contributed by atoms with Gasteiger partial charge in [-0.05, 0) is 30.9 Å². The van der Waals surface area contributed by atoms with Gasteiger partial charge in [0.25, 0.3) is 5.91 Å². The largest absolute Gasteiger partial charge is 0.340 e. The van der Waals surface area contributed by atoms with Crippen LogP contribution in [0.2, 0.25) is 0 Å². The van der Waals surface area contributed by atoms with E-state index in [-0.39, 0.29) is 23.4 Å². The Kier molecular flexibility index (Phi) is 5.71. The van der Waals surface area contributed by atoms with Crippen molar-refractivity contribution in [1.82, 2.24) is 10.2 Å². The van der Waals surface area contributed by atoms with E-state index in [1.54, 1.807) is 11.0 Å². The van der Waals surface area contributed by atoms with Crippen molar-refractivity contribution >= 4 is 11.8 Å². The number of piperidine rings is 1. The monoisotopic (exact) mass is 321 g/mol. The molecule has 0 aliphatic carbocycles. The van der Waals surface area contributed by atoms with Gasteiger partial charge in [0, 0.05) is 19.1 Å². The van der Waals surface area contributed by atoms with E-state index in [0.29, 0.717) is 13.1 Å². The van der Waals surface area contributed by atoms with Gasteiger partial charge in [-0.2, -0.15) is 0 Å². The molecule has 0 spiro atoms. The Bertz CT molecular complexity index is 577. The summed E-state index contributed by atoms with van der Waals surface area (Å²) in [5.41, 5.74) is 5.87. The summed E-state index contributed by atoms with van der Waals surface area (Å²) in [5.74, 6) is -1.42. The molecule has 1 aliphatic rings. The summed E-state index contributed by atoms with van der Waals surface area (Å²) in [7, 11) is 0. The van der Waals surface area contributed by atoms with Crippen LogP contribution in [0.3, 0.4) is 0 Å². The van der Waals surface area contributed by atoms with Crippen molar-refractivity contribution < 1.29 is 14.0 Å². The summed E-state index contributed by atoms with van der Waals surface area (Å²) in [6.07, 6.45) is 1.76. The fourth-order valence-corrected chi connectivity index (χ4v) is 2.78. The maximum absolute atomic E-state index is 13.7. The summed E-state index contributed by atoms with van der Waals surface area (Å²) >= 11 is 0. The van der Waals surface area contributed by atoms with Crippen LogP contribution in [-0.4, -0.2) is 41.9 Å². The molecule has 0 bridgehead atoms. The number of carbonyl (C=O) groups excluding carboxylic acids is 2. The second-order valence-corrected chi connectivity index (χ2v) is 6.36. The molecule has 126 valence electrons. The second kappa shape index (κ2) is 7.55. The topological polar surface area (TPSA) is 75.4 Å². The van der Waals surface area contributed by atoms with E-state index < -0.39 is 17.8 Å². The minimum Gasteiger partial charge on any atom is -0.340 e. The van der Waals surface area contributed by atoms with Crippen LogP contribution in [0.1, 0.15) is 37.0 Å². The molecule has 1 heterocycles. The second-order valence-electron chi connectivity index (χ2n) is 6.36. The van der Waals surface area contributed by atoms with Crippen LogP contribution in [0.15, 0.2) is 24.3 Å². The first-order valence-corrected chi connectivity index (χ1v) is 8.00. The number of hydrogen-bond donors (Lipinski definition) is 2. The van der Waals surface area contributed by atoms with Crippen LogP contribution in [0.4, 0.5) is 4.39 Å². The lowest BCUT2D eigenvalue weighted by atomic mass is 9.99. The van der Waals surface area contributed by atoms with E-state index in [4.69, 9.17) is 5.73 Å². The normalized spacial score (nSPS) is 19.5. The molecule has 2 amide bonds. The zero-order valence-corrected chi connectivity index (χ0v) is 13.6. The van der Waals surface area contributed by atoms with Crippen molar-refractivity contribution in [3.05, 3.63) is 35.6 Å². The van der Waals surface area contributed by atoms with Gasteiger partial charge in [-0.3, -0.25) is 9.59 Å². The van der Waals surface area contributed by atoms with E-state index in [9.17, 15) is 14.0 Å². The highest BCUT2D eigenvalue weighted by Gasteiger charge is 2.31. The SMILES string of the molecule is CC(C)C(NC(=O)c1ccccc1F)C(=O)N1CCCC(N)C1. The zero-order chi connectivity index (χ0) is 17.0. The lowest BCUT2D eigenvalue weighted by molar-refractivity contribution is -0.135. The third-order valence-corrected chi connectivity index (χ3v) is 4.11. The van der Waals surface area contributed by atoms with Crippen molar-refractivity contribution in [1.29, 1.82) is 0 Å². The quantitative estimate of drug-likeness (QED) is 0.883. The van der Waals surface area contributed by atoms with Gasteiger partial charge in [0.05, 0.1) is 5.56 Å². The van der Waals surface area contributed by atoms with Gasteiger partial charge in [-0.15, -0.1) is 0 Å². The maximum Gasteiger partial charge on any atom is 0.254 e. The molecule has 1 fully saturated rings. The fraction of sp³-hybridized carbons (Fsp3) is 0.529. The summed E-state index contributed by atoms with van der Waals surface area (Å²) in [4.78, 5) is 26.7. The summed E-state index contributed by atoms with van der Waals surface area (Å²) in [5, 5.41) is 2.67. The number of nitrogens with two attached hydrogens (primary N) is 1. The van der Waals surface area contributed by atoms with Crippen molar-refractivity contribution in [3.63, 3.8) is 0 Å². The molecule has 2 atom stereocenters. The van der Waals surface area contributed by atoms with E-state index in [0.717, 1.165) is 12.8 Å². The molecule has 1 saturated heterocycles. The highest BCUT2D eigenvalue weighted by molar-refractivity contribution is 5.97. The van der Waals surface area contributed by atoms with E-state index in [1.807, 2.05) is 13.8 Å². The zero-order valence-electron chi connectivity index (χ0n) is 13.6. The molecule has 2 rings (SSSR count). The number of rotatable bonds is 4. The maximum atomic E-state index is 13.7. The molecule has 2 unspecified atom stereocenters. The molecule has 0 aromatic heterocycles. The average Bonchev–Trinajstić information content (AvgIpc) is 2.52. The first-order chi connectivity index (χ1) is 10.9. The Hall–Kier alpha value is -1.95. The number of nitrogens with one attached hydrogen (secondary N) is 1. The Labute approximate surface area is 136 Å². The molecule has 1 aliphatic heterocycles. The Balaban J connectivity index is 2.11. The van der Waals surface area contributed by atoms with Crippen LogP contribution in [0.5, 0.6) is 0 Å². The molecule has 6 heteroatoms. The minimum absolute atomic E-state index is 0.0252. The lowest BCUT2D eigenvalue weighted by Crippen LogP contribution is -2.55. The Morgan fingerprint density at radius 2 is 2.04 bits per heavy atom. The predicted molar refractivity (Wildman–Crippen MR) is 86.3 cm³/mol. The standard InChI is InChI=1S/C17H24FN3O2/c1-11(2)15(17(23)21-9-5-6-12(19)10-21)20-16(22)13-7-3-4-8-14(13)18/h3-4,7-8,11-12,15H,5-6,9-10,19H2,1-2H3,(H,20,22). The number of carbonyl (C=O) groups is 2. The summed E-state index contributed by atoms with van der Waals surface area (Å²) in [6.45, 7) is 4.85. The number of halogens is 1. The van der Waals surface area contributed by atoms with Crippen molar-refractivity contribution in [3.8, 4) is 0 Å². The number of likely N-dealkylation sites (tertiary alicyclic amines) is 1. The molecule has 23 heavy (non-hydrogen) atoms. The molecular formula is C17H24FN3O2. The van der Waals surface area contributed by atoms with Gasteiger partial charge in [-0.25, -0.2) is 4.39 Å². The molecule has 1 aromatic carbocycles. The number of hydrogen-bond acceptors (Lipinski definition) is 3. The highest BCUT2D eigenvalue weighted by Crippen LogP contribution is 2.14. The molecule has 5 nitrogen and oxygen atoms in total. The number of amides is 2. The van der Waals surface area contributed by atoms with Crippen LogP contribution in [-0.2, 0) is 4.79 Å². The minimum atomic E-state index is -0.688. The molecule has 1 aromatic rings. The molecule has 0 radical (unpaired) electrons. The molecule has 0 saturated carbocycles. The van der Waals surface area contributed by atoms with Gasteiger partial charge in [0.1, 0.15) is 11.9 Å². The average molecular weight is 321 g/mol. The Morgan fingerprint density at radius 3 is 2.65 bits per heavy atom. The van der Waals surface area contributed by atoms with Gasteiger partial charge < -0.3 is 16.0 Å². The fourth-order valence-electron chi connectivity index (χ4n) is 2.78. The Morgan fingerprint density at radius 1 is 1.35 bits per heavy atom. The molecule has 3 N–H and O–H groups in total. The van der Waals surface area contributed by atoms with Crippen molar-refractivity contribution in [2.75, 3.05) is 13.1 Å². The van der Waals surface area contributed by atoms with E-state index in [1.165, 1.54) is 18.2 Å². The van der Waals surface area contributed by atoms with Gasteiger partial charge in [-0.1, -0.05) is 26.0 Å². The smallest absolute Gasteiger partial charge is 0.254 e. The van der Waals surface area contributed by atoms with Crippen LogP contribution in [0, 0.1) is 11.7 Å². The van der Waals surface area contributed by atoms with Gasteiger partial charge in [0.2, 0.25) is 5.91 Å². The summed E-state index contributed by atoms with van der Waals surface area (Å²) in [6, 6.07) is 5.03. The van der Waals surface area contributed by atoms with Crippen molar-refractivity contribution in [2.45, 2.75) is 38.8 Å². The number of benzene rings is 1. The van der Waals surface area contributed by atoms with Crippen molar-refractivity contribution in [2.24, 2.45) is 11.7 Å². The lowest BCUT2D eigenvalue weighted by Gasteiger charge is -2.34. The first kappa shape index (κ1) is 17.4. The van der Waals surface area contributed by atoms with E-state index in [2.05, 4.69) is 5.32 Å². The van der Waals surface area contributed by atoms with Gasteiger partial charge in [0.15, 0.2) is 0 Å². The van der Waals surface area contributed by atoms with E-state index >= 15 is 0 Å². The third-order valence-electron chi connectivity index (χ3n) is 4.11.